The summed E-state index contributed by atoms with van der Waals surface area (Å²) in [4.78, 5) is 15.1. The van der Waals surface area contributed by atoms with E-state index in [9.17, 15) is 18.0 Å². The first-order valence-electron chi connectivity index (χ1n) is 5.79. The summed E-state index contributed by atoms with van der Waals surface area (Å²) in [7, 11) is 1.34. The predicted octanol–water partition coefficient (Wildman–Crippen LogP) is 2.33. The average molecular weight is 288 g/mol. The number of halogens is 3. The number of rotatable bonds is 2. The summed E-state index contributed by atoms with van der Waals surface area (Å²) < 4.78 is 38.8. The van der Waals surface area contributed by atoms with E-state index >= 15 is 0 Å². The molecule has 0 aliphatic heterocycles. The number of aryl methyl sites for hydroxylation is 1. The minimum absolute atomic E-state index is 0.190. The number of anilines is 1. The van der Waals surface area contributed by atoms with Crippen LogP contribution in [-0.4, -0.2) is 19.0 Å². The van der Waals surface area contributed by atoms with Gasteiger partial charge in [-0.2, -0.15) is 13.2 Å². The molecule has 0 saturated carbocycles. The van der Waals surface area contributed by atoms with E-state index in [-0.39, 0.29) is 11.6 Å². The maximum Gasteiger partial charge on any atom is 0.418 e. The molecule has 110 valence electrons. The van der Waals surface area contributed by atoms with Crippen LogP contribution in [0.3, 0.4) is 0 Å². The average Bonchev–Trinajstić information content (AvgIpc) is 2.37. The normalized spacial score (nSPS) is 12.2. The standard InChI is InChI=1S/C12H15F3N4O/c1-3-7-5-4-6-8(12(13,14)15)9(7)18-11(20)19-10(16)17-2/h4-6H,3H2,1-2H3,(H4,16,17,18,19,20). The van der Waals surface area contributed by atoms with E-state index in [0.29, 0.717) is 12.0 Å². The molecule has 1 aromatic rings. The van der Waals surface area contributed by atoms with Gasteiger partial charge in [0.25, 0.3) is 0 Å². The first-order valence-corrected chi connectivity index (χ1v) is 5.79. The molecule has 2 amide bonds. The monoisotopic (exact) mass is 288 g/mol. The van der Waals surface area contributed by atoms with Gasteiger partial charge in [0, 0.05) is 7.05 Å². The number of carbonyl (C=O) groups excluding carboxylic acids is 1. The van der Waals surface area contributed by atoms with Gasteiger partial charge < -0.3 is 11.1 Å². The van der Waals surface area contributed by atoms with Gasteiger partial charge >= 0.3 is 12.2 Å². The van der Waals surface area contributed by atoms with Gasteiger partial charge in [0.2, 0.25) is 0 Å². The fraction of sp³-hybridized carbons (Fsp3) is 0.333. The number of carbonyl (C=O) groups is 1. The van der Waals surface area contributed by atoms with Crippen molar-refractivity contribution in [2.75, 3.05) is 12.4 Å². The number of alkyl halides is 3. The van der Waals surface area contributed by atoms with Crippen LogP contribution in [0.4, 0.5) is 23.7 Å². The number of para-hydroxylation sites is 1. The second-order valence-electron chi connectivity index (χ2n) is 3.88. The minimum Gasteiger partial charge on any atom is -0.370 e. The molecular formula is C12H15F3N4O. The molecule has 0 heterocycles. The Hall–Kier alpha value is -2.25. The number of hydrogen-bond donors (Lipinski definition) is 3. The molecule has 0 fully saturated rings. The largest absolute Gasteiger partial charge is 0.418 e. The number of hydrogen-bond acceptors (Lipinski definition) is 2. The number of nitrogens with zero attached hydrogens (tertiary/aromatic N) is 1. The number of nitrogens with one attached hydrogen (secondary N) is 2. The zero-order valence-electron chi connectivity index (χ0n) is 11.0. The van der Waals surface area contributed by atoms with E-state index in [2.05, 4.69) is 15.6 Å². The molecule has 0 atom stereocenters. The van der Waals surface area contributed by atoms with Crippen molar-refractivity contribution in [1.29, 1.82) is 0 Å². The van der Waals surface area contributed by atoms with Crippen molar-refractivity contribution in [3.8, 4) is 0 Å². The summed E-state index contributed by atoms with van der Waals surface area (Å²) in [6.07, 6.45) is -4.21. The van der Waals surface area contributed by atoms with Crippen molar-refractivity contribution in [3.05, 3.63) is 29.3 Å². The smallest absolute Gasteiger partial charge is 0.370 e. The summed E-state index contributed by atoms with van der Waals surface area (Å²) in [5.41, 5.74) is 4.48. The van der Waals surface area contributed by atoms with Gasteiger partial charge in [0.1, 0.15) is 0 Å². The van der Waals surface area contributed by atoms with Crippen molar-refractivity contribution in [1.82, 2.24) is 5.32 Å². The Morgan fingerprint density at radius 3 is 2.55 bits per heavy atom. The molecule has 0 radical (unpaired) electrons. The summed E-state index contributed by atoms with van der Waals surface area (Å²) >= 11 is 0. The third-order valence-corrected chi connectivity index (χ3v) is 2.56. The highest BCUT2D eigenvalue weighted by molar-refractivity contribution is 6.02. The van der Waals surface area contributed by atoms with Crippen LogP contribution >= 0.6 is 0 Å². The van der Waals surface area contributed by atoms with Crippen LogP contribution in [0.1, 0.15) is 18.1 Å². The lowest BCUT2D eigenvalue weighted by Gasteiger charge is -2.17. The van der Waals surface area contributed by atoms with Crippen LogP contribution in [0, 0.1) is 0 Å². The minimum atomic E-state index is -4.56. The Bertz CT molecular complexity index is 526. The number of urea groups is 1. The molecule has 0 bridgehead atoms. The third-order valence-electron chi connectivity index (χ3n) is 2.56. The highest BCUT2D eigenvalue weighted by Gasteiger charge is 2.34. The topological polar surface area (TPSA) is 79.5 Å². The Balaban J connectivity index is 3.12. The molecule has 5 nitrogen and oxygen atoms in total. The lowest BCUT2D eigenvalue weighted by Crippen LogP contribution is -2.40. The van der Waals surface area contributed by atoms with E-state index in [1.165, 1.54) is 19.2 Å². The van der Waals surface area contributed by atoms with Crippen molar-refractivity contribution < 1.29 is 18.0 Å². The first kappa shape index (κ1) is 15.8. The van der Waals surface area contributed by atoms with E-state index in [4.69, 9.17) is 5.73 Å². The fourth-order valence-corrected chi connectivity index (χ4v) is 1.60. The lowest BCUT2D eigenvalue weighted by atomic mass is 10.0. The fourth-order valence-electron chi connectivity index (χ4n) is 1.60. The van der Waals surface area contributed by atoms with Gasteiger partial charge in [-0.1, -0.05) is 19.1 Å². The van der Waals surface area contributed by atoms with E-state index < -0.39 is 17.8 Å². The van der Waals surface area contributed by atoms with Gasteiger partial charge in [0.15, 0.2) is 5.96 Å². The number of nitrogens with two attached hydrogens (primary N) is 1. The summed E-state index contributed by atoms with van der Waals surface area (Å²) in [6, 6.07) is 2.85. The zero-order chi connectivity index (χ0) is 15.3. The molecular weight excluding hydrogens is 273 g/mol. The van der Waals surface area contributed by atoms with E-state index in [1.807, 2.05) is 0 Å². The van der Waals surface area contributed by atoms with E-state index in [0.717, 1.165) is 6.07 Å². The summed E-state index contributed by atoms with van der Waals surface area (Å²) in [6.45, 7) is 1.69. The molecule has 20 heavy (non-hydrogen) atoms. The predicted molar refractivity (Wildman–Crippen MR) is 70.5 cm³/mol. The highest BCUT2D eigenvalue weighted by Crippen LogP contribution is 2.36. The molecule has 1 rings (SSSR count). The van der Waals surface area contributed by atoms with E-state index in [1.54, 1.807) is 6.92 Å². The summed E-state index contributed by atoms with van der Waals surface area (Å²) in [5.74, 6) is -0.190. The zero-order valence-corrected chi connectivity index (χ0v) is 11.0. The van der Waals surface area contributed by atoms with Crippen LogP contribution in [0.5, 0.6) is 0 Å². The van der Waals surface area contributed by atoms with Gasteiger partial charge in [-0.3, -0.25) is 10.3 Å². The van der Waals surface area contributed by atoms with Crippen LogP contribution in [0.25, 0.3) is 0 Å². The molecule has 4 N–H and O–H groups in total. The van der Waals surface area contributed by atoms with Crippen LogP contribution in [0.2, 0.25) is 0 Å². The van der Waals surface area contributed by atoms with Crippen LogP contribution < -0.4 is 16.4 Å². The second kappa shape index (κ2) is 6.27. The highest BCUT2D eigenvalue weighted by atomic mass is 19.4. The van der Waals surface area contributed by atoms with Gasteiger partial charge in [-0.15, -0.1) is 0 Å². The maximum absolute atomic E-state index is 12.9. The van der Waals surface area contributed by atoms with Gasteiger partial charge in [-0.05, 0) is 18.1 Å². The number of guanidine groups is 1. The van der Waals surface area contributed by atoms with Crippen LogP contribution in [0.15, 0.2) is 23.2 Å². The Kier molecular flexibility index (Phi) is 4.95. The Labute approximate surface area is 114 Å². The molecule has 0 saturated heterocycles. The number of benzene rings is 1. The third kappa shape index (κ3) is 3.87. The molecule has 1 aromatic carbocycles. The maximum atomic E-state index is 12.9. The Morgan fingerprint density at radius 2 is 2.05 bits per heavy atom. The summed E-state index contributed by atoms with van der Waals surface area (Å²) in [5, 5.41) is 4.29. The number of amides is 2. The van der Waals surface area contributed by atoms with Crippen molar-refractivity contribution in [3.63, 3.8) is 0 Å². The first-order chi connectivity index (χ1) is 9.29. The molecule has 0 spiro atoms. The molecule has 0 aliphatic carbocycles. The molecule has 0 unspecified atom stereocenters. The molecule has 0 aromatic heterocycles. The lowest BCUT2D eigenvalue weighted by molar-refractivity contribution is -0.136. The molecule has 8 heteroatoms. The quantitative estimate of drug-likeness (QED) is 0.577. The van der Waals surface area contributed by atoms with Gasteiger partial charge in [-0.25, -0.2) is 4.79 Å². The SMILES string of the molecule is CCc1cccc(C(F)(F)F)c1NC(=O)NC(N)=NC. The second-order valence-corrected chi connectivity index (χ2v) is 3.88. The number of aliphatic imine (C=N–C) groups is 1. The molecule has 0 aliphatic rings. The van der Waals surface area contributed by atoms with Crippen LogP contribution in [-0.2, 0) is 12.6 Å². The Morgan fingerprint density at radius 1 is 1.40 bits per heavy atom. The van der Waals surface area contributed by atoms with Crippen molar-refractivity contribution >= 4 is 17.7 Å². The van der Waals surface area contributed by atoms with Gasteiger partial charge in [0.05, 0.1) is 11.3 Å². The van der Waals surface area contributed by atoms with Crippen molar-refractivity contribution in [2.45, 2.75) is 19.5 Å². The van der Waals surface area contributed by atoms with Crippen molar-refractivity contribution in [2.24, 2.45) is 10.7 Å².